The zero-order valence-electron chi connectivity index (χ0n) is 14.5. The topological polar surface area (TPSA) is 131 Å². The summed E-state index contributed by atoms with van der Waals surface area (Å²) in [6.07, 6.45) is -0.278. The molecule has 2 rings (SSSR count). The van der Waals surface area contributed by atoms with E-state index in [2.05, 4.69) is 10.2 Å². The lowest BCUT2D eigenvalue weighted by Crippen LogP contribution is -2.22. The van der Waals surface area contributed by atoms with E-state index in [4.69, 9.17) is 0 Å². The minimum absolute atomic E-state index is 0.0369. The highest BCUT2D eigenvalue weighted by Crippen LogP contribution is 2.29. The Labute approximate surface area is 150 Å². The van der Waals surface area contributed by atoms with Crippen LogP contribution in [0.3, 0.4) is 0 Å². The number of hydrogen-bond acceptors (Lipinski definition) is 7. The Hall–Kier alpha value is -3.02. The number of aromatic hydroxyl groups is 1. The van der Waals surface area contributed by atoms with Gasteiger partial charge in [-0.25, -0.2) is 0 Å². The smallest absolute Gasteiger partial charge is 0.281 e. The summed E-state index contributed by atoms with van der Waals surface area (Å²) in [5.41, 5.74) is -0.123. The Kier molecular flexibility index (Phi) is 6.22. The lowest BCUT2D eigenvalue weighted by Gasteiger charge is -2.12. The van der Waals surface area contributed by atoms with Crippen LogP contribution in [0.25, 0.3) is 0 Å². The van der Waals surface area contributed by atoms with Gasteiger partial charge in [-0.05, 0) is 19.4 Å². The van der Waals surface area contributed by atoms with Gasteiger partial charge in [0.25, 0.3) is 5.56 Å². The Morgan fingerprint density at radius 2 is 1.96 bits per heavy atom. The first-order valence-electron chi connectivity index (χ1n) is 8.15. The molecule has 8 nitrogen and oxygen atoms in total. The van der Waals surface area contributed by atoms with E-state index in [1.54, 1.807) is 12.1 Å². The number of pyridine rings is 1. The molecule has 8 heteroatoms. The number of aromatic nitrogens is 1. The van der Waals surface area contributed by atoms with Crippen LogP contribution in [-0.4, -0.2) is 19.9 Å². The molecule has 0 unspecified atom stereocenters. The van der Waals surface area contributed by atoms with Gasteiger partial charge in [-0.3, -0.25) is 9.36 Å². The minimum Gasteiger partial charge on any atom is -0.493 e. The van der Waals surface area contributed by atoms with Gasteiger partial charge in [0, 0.05) is 17.7 Å². The molecule has 0 saturated carbocycles. The number of aliphatic hydroxyl groups excluding tert-OH is 1. The van der Waals surface area contributed by atoms with E-state index in [1.807, 2.05) is 13.0 Å². The molecular formula is C18H20N4O4. The Balaban J connectivity index is 2.60. The van der Waals surface area contributed by atoms with Gasteiger partial charge >= 0.3 is 0 Å². The van der Waals surface area contributed by atoms with Crippen LogP contribution in [0.1, 0.15) is 42.7 Å². The maximum atomic E-state index is 12.7. The van der Waals surface area contributed by atoms with Gasteiger partial charge in [-0.1, -0.05) is 31.5 Å². The number of hydrogen-bond donors (Lipinski definition) is 3. The van der Waals surface area contributed by atoms with Crippen molar-refractivity contribution in [3.63, 3.8) is 0 Å². The summed E-state index contributed by atoms with van der Waals surface area (Å²) in [5.74, 6) is -0.381. The molecular weight excluding hydrogens is 336 g/mol. The van der Waals surface area contributed by atoms with Gasteiger partial charge < -0.3 is 15.3 Å². The molecule has 0 spiro atoms. The molecule has 0 aliphatic rings. The van der Waals surface area contributed by atoms with E-state index in [0.717, 1.165) is 11.0 Å². The first-order valence-corrected chi connectivity index (χ1v) is 8.15. The van der Waals surface area contributed by atoms with E-state index in [0.29, 0.717) is 6.42 Å². The van der Waals surface area contributed by atoms with Crippen LogP contribution in [-0.2, 0) is 6.54 Å². The Morgan fingerprint density at radius 3 is 2.58 bits per heavy atom. The Bertz CT molecular complexity index is 926. The Morgan fingerprint density at radius 1 is 1.27 bits per heavy atom. The molecule has 0 amide bonds. The van der Waals surface area contributed by atoms with Crippen molar-refractivity contribution in [1.82, 2.24) is 4.57 Å². The summed E-state index contributed by atoms with van der Waals surface area (Å²) in [6, 6.07) is 8.14. The third kappa shape index (κ3) is 3.79. The third-order valence-electron chi connectivity index (χ3n) is 3.98. The third-order valence-corrected chi connectivity index (χ3v) is 3.98. The van der Waals surface area contributed by atoms with Gasteiger partial charge in [0.1, 0.15) is 11.6 Å². The summed E-state index contributed by atoms with van der Waals surface area (Å²) < 4.78 is 1.11. The lowest BCUT2D eigenvalue weighted by molar-refractivity contribution is -0.0420. The maximum Gasteiger partial charge on any atom is 0.281 e. The fourth-order valence-corrected chi connectivity index (χ4v) is 2.48. The average Bonchev–Trinajstić information content (AvgIpc) is 2.62. The van der Waals surface area contributed by atoms with Gasteiger partial charge in [0.15, 0.2) is 12.0 Å². The molecule has 0 atom stereocenters. The zero-order chi connectivity index (χ0) is 19.3. The second kappa shape index (κ2) is 8.38. The van der Waals surface area contributed by atoms with Crippen LogP contribution < -0.4 is 5.56 Å². The highest BCUT2D eigenvalue weighted by atomic mass is 16.5. The van der Waals surface area contributed by atoms with Crippen LogP contribution >= 0.6 is 0 Å². The number of nitriles is 1. The largest absolute Gasteiger partial charge is 0.493 e. The fourth-order valence-electron chi connectivity index (χ4n) is 2.48. The highest BCUT2D eigenvalue weighted by molar-refractivity contribution is 5.57. The maximum absolute atomic E-state index is 12.7. The van der Waals surface area contributed by atoms with E-state index < -0.39 is 11.8 Å². The van der Waals surface area contributed by atoms with Crippen molar-refractivity contribution in [2.45, 2.75) is 39.5 Å². The monoisotopic (exact) mass is 356 g/mol. The second-order valence-corrected chi connectivity index (χ2v) is 5.73. The molecule has 3 N–H and O–H groups in total. The van der Waals surface area contributed by atoms with Crippen molar-refractivity contribution in [2.24, 2.45) is 10.2 Å². The summed E-state index contributed by atoms with van der Waals surface area (Å²) in [4.78, 5) is 12.7. The highest BCUT2D eigenvalue weighted by Gasteiger charge is 2.19. The normalized spacial score (nSPS) is 11.2. The second-order valence-electron chi connectivity index (χ2n) is 5.73. The number of azo groups is 1. The summed E-state index contributed by atoms with van der Waals surface area (Å²) >= 11 is 0. The number of rotatable bonds is 6. The van der Waals surface area contributed by atoms with Gasteiger partial charge in [-0.2, -0.15) is 5.26 Å². The molecule has 2 aromatic rings. The summed E-state index contributed by atoms with van der Waals surface area (Å²) in [6.45, 7) is 3.70. The van der Waals surface area contributed by atoms with Crippen molar-refractivity contribution in [2.75, 3.05) is 0 Å². The molecule has 0 aliphatic carbocycles. The summed E-state index contributed by atoms with van der Waals surface area (Å²) in [7, 11) is 0. The molecule has 1 heterocycles. The number of benzene rings is 1. The van der Waals surface area contributed by atoms with Gasteiger partial charge in [0.05, 0.1) is 5.69 Å². The molecule has 1 aromatic carbocycles. The fraction of sp³-hybridized carbons (Fsp3) is 0.333. The molecule has 1 aromatic heterocycles. The van der Waals surface area contributed by atoms with Crippen molar-refractivity contribution < 1.29 is 15.3 Å². The predicted molar refractivity (Wildman–Crippen MR) is 94.5 cm³/mol. The first-order chi connectivity index (χ1) is 12.4. The van der Waals surface area contributed by atoms with E-state index in [9.17, 15) is 25.4 Å². The van der Waals surface area contributed by atoms with E-state index in [-0.39, 0.29) is 40.5 Å². The van der Waals surface area contributed by atoms with Crippen LogP contribution in [0.15, 0.2) is 39.3 Å². The number of unbranched alkanes of at least 4 members (excludes halogenated alkanes) is 1. The van der Waals surface area contributed by atoms with Gasteiger partial charge in [0.2, 0.25) is 5.88 Å². The van der Waals surface area contributed by atoms with Crippen molar-refractivity contribution in [1.29, 1.82) is 5.26 Å². The quantitative estimate of drug-likeness (QED) is 0.541. The van der Waals surface area contributed by atoms with Crippen LogP contribution in [0.5, 0.6) is 5.88 Å². The zero-order valence-corrected chi connectivity index (χ0v) is 14.5. The molecule has 26 heavy (non-hydrogen) atoms. The van der Waals surface area contributed by atoms with E-state index in [1.165, 1.54) is 19.1 Å². The SMILES string of the molecule is CCCCn1c(O)c(C#N)c(C)c(N=Nc2ccccc2C(O)O)c1=O. The van der Waals surface area contributed by atoms with E-state index >= 15 is 0 Å². The standard InChI is InChI=1S/C18H20N4O4/c1-3-4-9-22-16(23)13(10-19)11(2)15(17(22)24)21-20-14-8-6-5-7-12(14)18(25)26/h5-8,18,23,25-26H,3-4,9H2,1-2H3. The lowest BCUT2D eigenvalue weighted by atomic mass is 10.1. The molecule has 136 valence electrons. The number of aliphatic hydroxyl groups is 2. The summed E-state index contributed by atoms with van der Waals surface area (Å²) in [5, 5.41) is 46.2. The van der Waals surface area contributed by atoms with Crippen LogP contribution in [0.2, 0.25) is 0 Å². The van der Waals surface area contributed by atoms with Crippen molar-refractivity contribution >= 4 is 11.4 Å². The molecule has 0 aliphatic heterocycles. The molecule has 0 bridgehead atoms. The predicted octanol–water partition coefficient (Wildman–Crippen LogP) is 2.93. The molecule has 0 radical (unpaired) electrons. The molecule has 0 fully saturated rings. The van der Waals surface area contributed by atoms with Crippen molar-refractivity contribution in [3.05, 3.63) is 51.3 Å². The van der Waals surface area contributed by atoms with Gasteiger partial charge in [-0.15, -0.1) is 10.2 Å². The molecule has 0 saturated heterocycles. The van der Waals surface area contributed by atoms with Crippen molar-refractivity contribution in [3.8, 4) is 11.9 Å². The number of nitrogens with zero attached hydrogens (tertiary/aromatic N) is 4. The minimum atomic E-state index is -1.73. The first kappa shape index (κ1) is 19.3. The van der Waals surface area contributed by atoms with Crippen LogP contribution in [0, 0.1) is 18.3 Å². The van der Waals surface area contributed by atoms with Crippen LogP contribution in [0.4, 0.5) is 11.4 Å². The average molecular weight is 356 g/mol.